The van der Waals surface area contributed by atoms with E-state index in [0.29, 0.717) is 0 Å². The second-order valence-electron chi connectivity index (χ2n) is 5.05. The molecule has 0 heterocycles. The summed E-state index contributed by atoms with van der Waals surface area (Å²) in [5.74, 6) is -1.87. The molecule has 0 aliphatic rings. The van der Waals surface area contributed by atoms with Crippen molar-refractivity contribution in [1.82, 2.24) is 10.0 Å². The van der Waals surface area contributed by atoms with E-state index in [2.05, 4.69) is 16.6 Å². The van der Waals surface area contributed by atoms with E-state index in [9.17, 15) is 18.0 Å². The number of benzene rings is 1. The molecule has 0 saturated carbocycles. The van der Waals surface area contributed by atoms with E-state index >= 15 is 0 Å². The summed E-state index contributed by atoms with van der Waals surface area (Å²) in [6, 6.07) is 5.33. The third-order valence-electron chi connectivity index (χ3n) is 2.78. The molecule has 0 fully saturated rings. The van der Waals surface area contributed by atoms with E-state index in [1.54, 1.807) is 0 Å². The van der Waals surface area contributed by atoms with Gasteiger partial charge in [0.2, 0.25) is 10.0 Å². The fourth-order valence-electron chi connectivity index (χ4n) is 1.47. The second-order valence-corrected chi connectivity index (χ2v) is 6.82. The predicted octanol–water partition coefficient (Wildman–Crippen LogP) is 0.744. The Balaban J connectivity index is 3.04. The maximum absolute atomic E-state index is 12.1. The summed E-state index contributed by atoms with van der Waals surface area (Å²) in [6.07, 6.45) is 1.39. The third kappa shape index (κ3) is 4.40. The standard InChI is InChI=1S/C14H18N2O5S/c1-4-8-15-22(20,21)11-7-5-6-10(9-11)12(17)16-14(2,3)13(18)19/h4-7,9,15H,1,8H2,2-3H3,(H,16,17)(H,18,19). The van der Waals surface area contributed by atoms with Crippen molar-refractivity contribution in [3.05, 3.63) is 42.5 Å². The van der Waals surface area contributed by atoms with Gasteiger partial charge in [-0.3, -0.25) is 4.79 Å². The Morgan fingerprint density at radius 1 is 1.36 bits per heavy atom. The van der Waals surface area contributed by atoms with Crippen LogP contribution in [0, 0.1) is 0 Å². The van der Waals surface area contributed by atoms with Gasteiger partial charge in [-0.2, -0.15) is 0 Å². The van der Waals surface area contributed by atoms with Gasteiger partial charge in [-0.25, -0.2) is 17.9 Å². The molecule has 0 radical (unpaired) electrons. The van der Waals surface area contributed by atoms with E-state index in [1.807, 2.05) is 0 Å². The number of sulfonamides is 1. The Morgan fingerprint density at radius 3 is 2.55 bits per heavy atom. The largest absolute Gasteiger partial charge is 0.480 e. The van der Waals surface area contributed by atoms with Crippen LogP contribution in [-0.2, 0) is 14.8 Å². The van der Waals surface area contributed by atoms with Gasteiger partial charge in [0.1, 0.15) is 5.54 Å². The number of rotatable bonds is 7. The quantitative estimate of drug-likeness (QED) is 0.640. The van der Waals surface area contributed by atoms with Crippen LogP contribution in [0.15, 0.2) is 41.8 Å². The van der Waals surface area contributed by atoms with Crippen molar-refractivity contribution in [2.24, 2.45) is 0 Å². The molecule has 1 rings (SSSR count). The fourth-order valence-corrected chi connectivity index (χ4v) is 2.51. The number of hydrogen-bond donors (Lipinski definition) is 3. The van der Waals surface area contributed by atoms with Crippen molar-refractivity contribution in [3.63, 3.8) is 0 Å². The molecule has 0 bridgehead atoms. The lowest BCUT2D eigenvalue weighted by Crippen LogP contribution is -2.49. The summed E-state index contributed by atoms with van der Waals surface area (Å²) in [7, 11) is -3.76. The smallest absolute Gasteiger partial charge is 0.328 e. The summed E-state index contributed by atoms with van der Waals surface area (Å²) < 4.78 is 26.2. The molecular weight excluding hydrogens is 308 g/mol. The second kappa shape index (κ2) is 6.71. The lowest BCUT2D eigenvalue weighted by Gasteiger charge is -2.21. The molecule has 0 unspecified atom stereocenters. The topological polar surface area (TPSA) is 113 Å². The summed E-state index contributed by atoms with van der Waals surface area (Å²) in [6.45, 7) is 6.14. The van der Waals surface area contributed by atoms with Gasteiger partial charge in [0.15, 0.2) is 0 Å². The van der Waals surface area contributed by atoms with E-state index in [-0.39, 0.29) is 17.0 Å². The number of aliphatic carboxylic acids is 1. The minimum absolute atomic E-state index is 0.0517. The first-order valence-electron chi connectivity index (χ1n) is 6.36. The number of amides is 1. The van der Waals surface area contributed by atoms with Gasteiger partial charge in [-0.15, -0.1) is 6.58 Å². The SMILES string of the molecule is C=CCNS(=O)(=O)c1cccc(C(=O)NC(C)(C)C(=O)O)c1. The first-order chi connectivity index (χ1) is 10.1. The maximum Gasteiger partial charge on any atom is 0.328 e. The van der Waals surface area contributed by atoms with Gasteiger partial charge >= 0.3 is 5.97 Å². The number of carboxylic acid groups (broad SMARTS) is 1. The van der Waals surface area contributed by atoms with E-state index in [4.69, 9.17) is 5.11 Å². The third-order valence-corrected chi connectivity index (χ3v) is 4.21. The minimum Gasteiger partial charge on any atom is -0.480 e. The average Bonchev–Trinajstić information content (AvgIpc) is 2.44. The predicted molar refractivity (Wildman–Crippen MR) is 81.0 cm³/mol. The highest BCUT2D eigenvalue weighted by atomic mass is 32.2. The van der Waals surface area contributed by atoms with Gasteiger partial charge in [-0.05, 0) is 32.0 Å². The van der Waals surface area contributed by atoms with Crippen LogP contribution in [0.5, 0.6) is 0 Å². The molecule has 0 spiro atoms. The molecule has 1 amide bonds. The maximum atomic E-state index is 12.1. The van der Waals surface area contributed by atoms with Crippen molar-refractivity contribution in [3.8, 4) is 0 Å². The highest BCUT2D eigenvalue weighted by Gasteiger charge is 2.29. The van der Waals surface area contributed by atoms with Gasteiger partial charge < -0.3 is 10.4 Å². The summed E-state index contributed by atoms with van der Waals surface area (Å²) in [5, 5.41) is 11.3. The van der Waals surface area contributed by atoms with Crippen molar-refractivity contribution >= 4 is 21.9 Å². The van der Waals surface area contributed by atoms with Gasteiger partial charge in [0.05, 0.1) is 4.90 Å². The molecule has 8 heteroatoms. The molecule has 0 atom stereocenters. The van der Waals surface area contributed by atoms with Crippen LogP contribution < -0.4 is 10.0 Å². The Bertz CT molecular complexity index is 695. The molecule has 0 aliphatic heterocycles. The zero-order chi connectivity index (χ0) is 17.0. The molecule has 1 aromatic rings. The van der Waals surface area contributed by atoms with Crippen LogP contribution >= 0.6 is 0 Å². The van der Waals surface area contributed by atoms with Crippen LogP contribution in [0.3, 0.4) is 0 Å². The number of hydrogen-bond acceptors (Lipinski definition) is 4. The van der Waals surface area contributed by atoms with Crippen molar-refractivity contribution in [2.75, 3.05) is 6.54 Å². The number of carbonyl (C=O) groups excluding carboxylic acids is 1. The Hall–Kier alpha value is -2.19. The van der Waals surface area contributed by atoms with Crippen LogP contribution in [-0.4, -0.2) is 37.5 Å². The Morgan fingerprint density at radius 2 is 2.00 bits per heavy atom. The van der Waals surface area contributed by atoms with Crippen molar-refractivity contribution in [1.29, 1.82) is 0 Å². The van der Waals surface area contributed by atoms with E-state index < -0.39 is 27.4 Å². The molecule has 0 aliphatic carbocycles. The average molecular weight is 326 g/mol. The summed E-state index contributed by atoms with van der Waals surface area (Å²) in [5.41, 5.74) is -1.41. The van der Waals surface area contributed by atoms with Crippen LogP contribution in [0.25, 0.3) is 0 Å². The zero-order valence-electron chi connectivity index (χ0n) is 12.3. The summed E-state index contributed by atoms with van der Waals surface area (Å²) in [4.78, 5) is 23.0. The van der Waals surface area contributed by atoms with Gasteiger partial charge in [0.25, 0.3) is 5.91 Å². The molecule has 0 saturated heterocycles. The number of nitrogens with one attached hydrogen (secondary N) is 2. The normalized spacial score (nSPS) is 11.7. The fraction of sp³-hybridized carbons (Fsp3) is 0.286. The molecule has 7 nitrogen and oxygen atoms in total. The van der Waals surface area contributed by atoms with Crippen LogP contribution in [0.2, 0.25) is 0 Å². The highest BCUT2D eigenvalue weighted by molar-refractivity contribution is 7.89. The van der Waals surface area contributed by atoms with Crippen molar-refractivity contribution < 1.29 is 23.1 Å². The summed E-state index contributed by atoms with van der Waals surface area (Å²) >= 11 is 0. The Kier molecular flexibility index (Phi) is 5.45. The monoisotopic (exact) mass is 326 g/mol. The molecule has 3 N–H and O–H groups in total. The van der Waals surface area contributed by atoms with Crippen LogP contribution in [0.4, 0.5) is 0 Å². The first kappa shape index (κ1) is 17.9. The lowest BCUT2D eigenvalue weighted by atomic mass is 10.1. The minimum atomic E-state index is -3.76. The van der Waals surface area contributed by atoms with Crippen molar-refractivity contribution in [2.45, 2.75) is 24.3 Å². The first-order valence-corrected chi connectivity index (χ1v) is 7.85. The van der Waals surface area contributed by atoms with E-state index in [0.717, 1.165) is 0 Å². The number of carboxylic acids is 1. The zero-order valence-corrected chi connectivity index (χ0v) is 13.1. The molecule has 0 aromatic heterocycles. The highest BCUT2D eigenvalue weighted by Crippen LogP contribution is 2.13. The van der Waals surface area contributed by atoms with Gasteiger partial charge in [0, 0.05) is 12.1 Å². The lowest BCUT2D eigenvalue weighted by molar-refractivity contribution is -0.143. The number of carbonyl (C=O) groups is 2. The molecule has 1 aromatic carbocycles. The molecular formula is C14H18N2O5S. The molecule has 22 heavy (non-hydrogen) atoms. The Labute approximate surface area is 129 Å². The van der Waals surface area contributed by atoms with Gasteiger partial charge in [-0.1, -0.05) is 12.1 Å². The molecule has 120 valence electrons. The van der Waals surface area contributed by atoms with Crippen LogP contribution in [0.1, 0.15) is 24.2 Å². The van der Waals surface area contributed by atoms with E-state index in [1.165, 1.54) is 44.2 Å².